The lowest BCUT2D eigenvalue weighted by Crippen LogP contribution is -2.35. The number of para-hydroxylation sites is 2. The molecule has 4 rings (SSSR count). The molecule has 0 aromatic heterocycles. The van der Waals surface area contributed by atoms with Crippen molar-refractivity contribution in [3.8, 4) is 5.75 Å². The first-order valence-electron chi connectivity index (χ1n) is 10.2. The molecule has 3 aromatic carbocycles. The molecule has 0 radical (unpaired) electrons. The third-order valence-corrected chi connectivity index (χ3v) is 5.35. The topological polar surface area (TPSA) is 70.7 Å². The van der Waals surface area contributed by atoms with Gasteiger partial charge < -0.3 is 15.4 Å². The SMILES string of the molecule is COc1ccccc1Nc1ccc(N[C@@H]2CC(=O)N(c3ccc(C)cc3C)C2=O)cc1. The van der Waals surface area contributed by atoms with Crippen molar-refractivity contribution in [2.75, 3.05) is 22.6 Å². The number of imide groups is 1. The molecule has 3 aromatic rings. The first-order chi connectivity index (χ1) is 15.0. The Balaban J connectivity index is 1.46. The van der Waals surface area contributed by atoms with Crippen molar-refractivity contribution in [3.05, 3.63) is 77.9 Å². The number of carbonyl (C=O) groups is 2. The quantitative estimate of drug-likeness (QED) is 0.566. The predicted molar refractivity (Wildman–Crippen MR) is 123 cm³/mol. The van der Waals surface area contributed by atoms with Gasteiger partial charge in [0.2, 0.25) is 5.91 Å². The number of nitrogens with zero attached hydrogens (tertiary/aromatic N) is 1. The fraction of sp³-hybridized carbons (Fsp3) is 0.200. The minimum absolute atomic E-state index is 0.132. The summed E-state index contributed by atoms with van der Waals surface area (Å²) in [7, 11) is 1.63. The van der Waals surface area contributed by atoms with Crippen LogP contribution in [0.4, 0.5) is 22.7 Å². The van der Waals surface area contributed by atoms with E-state index < -0.39 is 6.04 Å². The van der Waals surface area contributed by atoms with Crippen LogP contribution in [0.1, 0.15) is 17.5 Å². The van der Waals surface area contributed by atoms with Gasteiger partial charge in [0.05, 0.1) is 24.9 Å². The standard InChI is InChI=1S/C25H25N3O3/c1-16-8-13-22(17(2)14-16)28-24(29)15-21(25(28)30)27-19-11-9-18(10-12-19)26-20-6-4-5-7-23(20)31-3/h4-14,21,26-27H,15H2,1-3H3/t21-/m1/s1. The Labute approximate surface area is 181 Å². The highest BCUT2D eigenvalue weighted by Gasteiger charge is 2.40. The molecule has 1 heterocycles. The van der Waals surface area contributed by atoms with Crippen LogP contribution in [0.2, 0.25) is 0 Å². The molecule has 0 aliphatic carbocycles. The second-order valence-corrected chi connectivity index (χ2v) is 7.66. The summed E-state index contributed by atoms with van der Waals surface area (Å²) >= 11 is 0. The number of aryl methyl sites for hydroxylation is 2. The Morgan fingerprint density at radius 2 is 1.65 bits per heavy atom. The highest BCUT2D eigenvalue weighted by Crippen LogP contribution is 2.30. The summed E-state index contributed by atoms with van der Waals surface area (Å²) in [5.74, 6) is 0.336. The van der Waals surface area contributed by atoms with Crippen molar-refractivity contribution in [1.29, 1.82) is 0 Å². The molecule has 0 spiro atoms. The number of anilines is 4. The van der Waals surface area contributed by atoms with Gasteiger partial charge in [-0.1, -0.05) is 29.8 Å². The van der Waals surface area contributed by atoms with Crippen LogP contribution < -0.4 is 20.3 Å². The molecule has 1 aliphatic heterocycles. The van der Waals surface area contributed by atoms with Crippen LogP contribution in [0.3, 0.4) is 0 Å². The molecule has 2 N–H and O–H groups in total. The largest absolute Gasteiger partial charge is 0.495 e. The summed E-state index contributed by atoms with van der Waals surface area (Å²) in [6.07, 6.45) is 0.132. The van der Waals surface area contributed by atoms with Gasteiger partial charge in [-0.05, 0) is 61.9 Å². The Morgan fingerprint density at radius 1 is 0.935 bits per heavy atom. The van der Waals surface area contributed by atoms with Crippen LogP contribution in [-0.2, 0) is 9.59 Å². The molecule has 6 heteroatoms. The van der Waals surface area contributed by atoms with Gasteiger partial charge in [0.15, 0.2) is 0 Å². The number of rotatable bonds is 6. The van der Waals surface area contributed by atoms with Gasteiger partial charge in [0.1, 0.15) is 11.8 Å². The second-order valence-electron chi connectivity index (χ2n) is 7.66. The fourth-order valence-corrected chi connectivity index (χ4v) is 3.81. The summed E-state index contributed by atoms with van der Waals surface area (Å²) < 4.78 is 5.36. The molecule has 6 nitrogen and oxygen atoms in total. The van der Waals surface area contributed by atoms with Gasteiger partial charge in [-0.15, -0.1) is 0 Å². The predicted octanol–water partition coefficient (Wildman–Crippen LogP) is 4.80. The maximum Gasteiger partial charge on any atom is 0.256 e. The lowest BCUT2D eigenvalue weighted by molar-refractivity contribution is -0.121. The minimum atomic E-state index is -0.582. The van der Waals surface area contributed by atoms with Crippen molar-refractivity contribution in [1.82, 2.24) is 0 Å². The third-order valence-electron chi connectivity index (χ3n) is 5.35. The summed E-state index contributed by atoms with van der Waals surface area (Å²) in [5, 5.41) is 6.52. The number of benzene rings is 3. The smallest absolute Gasteiger partial charge is 0.256 e. The number of hydrogen-bond acceptors (Lipinski definition) is 5. The number of methoxy groups -OCH3 is 1. The van der Waals surface area contributed by atoms with E-state index in [-0.39, 0.29) is 18.2 Å². The molecule has 2 amide bonds. The Hall–Kier alpha value is -3.80. The molecule has 1 fully saturated rings. The zero-order valence-corrected chi connectivity index (χ0v) is 17.8. The number of ether oxygens (including phenoxy) is 1. The van der Waals surface area contributed by atoms with E-state index in [9.17, 15) is 9.59 Å². The van der Waals surface area contributed by atoms with Crippen molar-refractivity contribution in [2.24, 2.45) is 0 Å². The van der Waals surface area contributed by atoms with Crippen LogP contribution >= 0.6 is 0 Å². The average Bonchev–Trinajstić information content (AvgIpc) is 3.03. The van der Waals surface area contributed by atoms with Crippen molar-refractivity contribution < 1.29 is 14.3 Å². The van der Waals surface area contributed by atoms with Crippen LogP contribution in [0.15, 0.2) is 66.7 Å². The second kappa shape index (κ2) is 8.52. The van der Waals surface area contributed by atoms with E-state index >= 15 is 0 Å². The Morgan fingerprint density at radius 3 is 2.35 bits per heavy atom. The molecule has 158 valence electrons. The molecular weight excluding hydrogens is 390 g/mol. The lowest BCUT2D eigenvalue weighted by atomic mass is 10.1. The molecule has 0 unspecified atom stereocenters. The first-order valence-corrected chi connectivity index (χ1v) is 10.2. The Kier molecular flexibility index (Phi) is 5.62. The minimum Gasteiger partial charge on any atom is -0.495 e. The number of amides is 2. The van der Waals surface area contributed by atoms with Crippen LogP contribution in [0, 0.1) is 13.8 Å². The average molecular weight is 415 g/mol. The van der Waals surface area contributed by atoms with Gasteiger partial charge in [0.25, 0.3) is 5.91 Å². The maximum atomic E-state index is 13.0. The van der Waals surface area contributed by atoms with E-state index in [0.29, 0.717) is 5.69 Å². The van der Waals surface area contributed by atoms with E-state index in [1.54, 1.807) is 7.11 Å². The van der Waals surface area contributed by atoms with Crippen LogP contribution in [0.25, 0.3) is 0 Å². The monoisotopic (exact) mass is 415 g/mol. The van der Waals surface area contributed by atoms with Crippen LogP contribution in [-0.4, -0.2) is 25.0 Å². The third kappa shape index (κ3) is 4.23. The highest BCUT2D eigenvalue weighted by molar-refractivity contribution is 6.23. The molecule has 1 atom stereocenters. The summed E-state index contributed by atoms with van der Waals surface area (Å²) in [5.41, 5.74) is 5.19. The molecule has 31 heavy (non-hydrogen) atoms. The summed E-state index contributed by atoms with van der Waals surface area (Å²) in [6.45, 7) is 3.90. The van der Waals surface area contributed by atoms with Crippen molar-refractivity contribution in [3.63, 3.8) is 0 Å². The van der Waals surface area contributed by atoms with Crippen LogP contribution in [0.5, 0.6) is 5.75 Å². The molecule has 1 saturated heterocycles. The Bertz CT molecular complexity index is 1130. The maximum absolute atomic E-state index is 13.0. The molecular formula is C25H25N3O3. The van der Waals surface area contributed by atoms with Gasteiger partial charge in [-0.2, -0.15) is 0 Å². The van der Waals surface area contributed by atoms with Gasteiger partial charge in [-0.3, -0.25) is 9.59 Å². The normalized spacial score (nSPS) is 15.8. The zero-order valence-electron chi connectivity index (χ0n) is 17.8. The highest BCUT2D eigenvalue weighted by atomic mass is 16.5. The molecule has 0 bridgehead atoms. The summed E-state index contributed by atoms with van der Waals surface area (Å²) in [4.78, 5) is 26.8. The van der Waals surface area contributed by atoms with Gasteiger partial charge >= 0.3 is 0 Å². The fourth-order valence-electron chi connectivity index (χ4n) is 3.81. The lowest BCUT2D eigenvalue weighted by Gasteiger charge is -2.18. The van der Waals surface area contributed by atoms with Crippen molar-refractivity contribution in [2.45, 2.75) is 26.3 Å². The first kappa shape index (κ1) is 20.5. The van der Waals surface area contributed by atoms with E-state index in [0.717, 1.165) is 33.9 Å². The molecule has 1 aliphatic rings. The summed E-state index contributed by atoms with van der Waals surface area (Å²) in [6, 6.07) is 20.4. The van der Waals surface area contributed by atoms with E-state index in [1.165, 1.54) is 4.90 Å². The number of carbonyl (C=O) groups excluding carboxylic acids is 2. The van der Waals surface area contributed by atoms with E-state index in [4.69, 9.17) is 4.74 Å². The van der Waals surface area contributed by atoms with Gasteiger partial charge in [-0.25, -0.2) is 4.90 Å². The molecule has 0 saturated carbocycles. The number of nitrogens with one attached hydrogen (secondary N) is 2. The zero-order chi connectivity index (χ0) is 22.0. The van der Waals surface area contributed by atoms with Gasteiger partial charge in [0, 0.05) is 11.4 Å². The number of hydrogen-bond donors (Lipinski definition) is 2. The van der Waals surface area contributed by atoms with E-state index in [1.807, 2.05) is 80.6 Å². The van der Waals surface area contributed by atoms with Crippen molar-refractivity contribution >= 4 is 34.6 Å². The van der Waals surface area contributed by atoms with E-state index in [2.05, 4.69) is 10.6 Å².